The largest absolute Gasteiger partial charge is 0.417 e. The quantitative estimate of drug-likeness (QED) is 0.124. The second-order valence-corrected chi connectivity index (χ2v) is 11.5. The molecule has 242 valence electrons. The zero-order chi connectivity index (χ0) is 33.8. The Labute approximate surface area is 272 Å². The molecule has 0 N–H and O–H groups in total. The summed E-state index contributed by atoms with van der Waals surface area (Å²) in [6, 6.07) is 15.3. The van der Waals surface area contributed by atoms with Crippen LogP contribution in [0, 0.1) is 0 Å². The molecule has 3 aromatic carbocycles. The van der Waals surface area contributed by atoms with Crippen molar-refractivity contribution in [3.8, 4) is 39.5 Å². The lowest BCUT2D eigenvalue weighted by atomic mass is 9.96. The summed E-state index contributed by atoms with van der Waals surface area (Å²) in [4.78, 5) is 15.6. The van der Waals surface area contributed by atoms with E-state index in [0.29, 0.717) is 33.7 Å². The van der Waals surface area contributed by atoms with Crippen LogP contribution in [0.1, 0.15) is 39.1 Å². The highest BCUT2D eigenvalue weighted by molar-refractivity contribution is 6.31. The Morgan fingerprint density at radius 1 is 0.938 bits per heavy atom. The SMILES string of the molecule is O=CCc1noc(-c2nnn(-c3cc(C(F)(F)F)cc4c3Cc3cccc(C(F)(F)F)c3-4)c2-c2ccncc2)c1Cc1ccccc1Cl. The first-order chi connectivity index (χ1) is 23.0. The number of fused-ring (bicyclic) bond motifs is 3. The fourth-order valence-corrected chi connectivity index (χ4v) is 6.27. The number of aromatic nitrogens is 5. The number of nitrogens with zero attached hydrogens (tertiary/aromatic N) is 5. The molecule has 14 heteroatoms. The maximum absolute atomic E-state index is 14.4. The molecule has 7 nitrogen and oxygen atoms in total. The first-order valence-electron chi connectivity index (χ1n) is 14.4. The van der Waals surface area contributed by atoms with E-state index in [1.165, 1.54) is 29.2 Å². The zero-order valence-electron chi connectivity index (χ0n) is 24.4. The predicted octanol–water partition coefficient (Wildman–Crippen LogP) is 8.58. The molecule has 0 saturated carbocycles. The van der Waals surface area contributed by atoms with Gasteiger partial charge in [-0.2, -0.15) is 26.3 Å². The number of aldehydes is 1. The van der Waals surface area contributed by atoms with E-state index in [2.05, 4.69) is 20.5 Å². The summed E-state index contributed by atoms with van der Waals surface area (Å²) in [6.07, 6.45) is -6.18. The number of benzene rings is 3. The molecule has 0 bridgehead atoms. The monoisotopic (exact) mass is 679 g/mol. The molecule has 7 rings (SSSR count). The third-order valence-corrected chi connectivity index (χ3v) is 8.55. The van der Waals surface area contributed by atoms with Gasteiger partial charge in [-0.3, -0.25) is 4.98 Å². The zero-order valence-corrected chi connectivity index (χ0v) is 25.2. The minimum Gasteiger partial charge on any atom is -0.354 e. The second-order valence-electron chi connectivity index (χ2n) is 11.0. The van der Waals surface area contributed by atoms with Crippen LogP contribution in [-0.4, -0.2) is 31.4 Å². The summed E-state index contributed by atoms with van der Waals surface area (Å²) in [5.74, 6) is 0.0936. The van der Waals surface area contributed by atoms with Crippen molar-refractivity contribution in [3.63, 3.8) is 0 Å². The predicted molar refractivity (Wildman–Crippen MR) is 162 cm³/mol. The van der Waals surface area contributed by atoms with Crippen LogP contribution in [-0.2, 0) is 36.4 Å². The molecule has 3 aromatic heterocycles. The number of halogens is 7. The molecular weight excluding hydrogens is 660 g/mol. The number of pyridine rings is 1. The Morgan fingerprint density at radius 3 is 2.42 bits per heavy atom. The van der Waals surface area contributed by atoms with Gasteiger partial charge in [-0.1, -0.05) is 52.3 Å². The average molecular weight is 680 g/mol. The number of carbonyl (C=O) groups is 1. The number of rotatable bonds is 7. The topological polar surface area (TPSA) is 86.7 Å². The van der Waals surface area contributed by atoms with Crippen LogP contribution in [0.2, 0.25) is 5.02 Å². The summed E-state index contributed by atoms with van der Waals surface area (Å²) in [5, 5.41) is 13.1. The number of hydrogen-bond acceptors (Lipinski definition) is 6. The van der Waals surface area contributed by atoms with E-state index in [1.807, 2.05) is 0 Å². The molecule has 1 aliphatic carbocycles. The van der Waals surface area contributed by atoms with Crippen LogP contribution in [0.15, 0.2) is 83.6 Å². The van der Waals surface area contributed by atoms with Crippen LogP contribution in [0.4, 0.5) is 26.3 Å². The fraction of sp³-hybridized carbons (Fsp3) is 0.147. The molecule has 0 saturated heterocycles. The van der Waals surface area contributed by atoms with Crippen molar-refractivity contribution in [2.24, 2.45) is 0 Å². The normalized spacial score (nSPS) is 12.6. The number of alkyl halides is 6. The van der Waals surface area contributed by atoms with E-state index in [-0.39, 0.29) is 64.4 Å². The Hall–Kier alpha value is -5.30. The molecule has 48 heavy (non-hydrogen) atoms. The number of carbonyl (C=O) groups excluding carboxylic acids is 1. The van der Waals surface area contributed by atoms with Gasteiger partial charge >= 0.3 is 12.4 Å². The van der Waals surface area contributed by atoms with Crippen LogP contribution in [0.5, 0.6) is 0 Å². The smallest absolute Gasteiger partial charge is 0.354 e. The Bertz CT molecular complexity index is 2190. The third kappa shape index (κ3) is 5.43. The molecule has 0 unspecified atom stereocenters. The molecular formula is C34H20ClF6N5O2. The van der Waals surface area contributed by atoms with Gasteiger partial charge in [0.25, 0.3) is 0 Å². The Morgan fingerprint density at radius 2 is 1.71 bits per heavy atom. The Kier molecular flexibility index (Phi) is 7.66. The molecule has 0 spiro atoms. The third-order valence-electron chi connectivity index (χ3n) is 8.19. The van der Waals surface area contributed by atoms with E-state index in [0.717, 1.165) is 18.2 Å². The van der Waals surface area contributed by atoms with Crippen LogP contribution < -0.4 is 0 Å². The minimum absolute atomic E-state index is 0.0746. The minimum atomic E-state index is -4.91. The van der Waals surface area contributed by atoms with E-state index < -0.39 is 23.5 Å². The molecule has 0 radical (unpaired) electrons. The maximum atomic E-state index is 14.4. The standard InChI is InChI=1S/C34H20ClF6N5O2/c35-26-7-2-1-4-19(26)14-24-27(10-13-47)44-48-32(24)30-31(18-8-11-42-12-9-18)46(45-43-30)28-17-21(33(36,37)38)16-23-22(28)15-20-5-3-6-25(29(20)23)34(39,40)41/h1-9,11-13,16-17H,10,14-15H2. The van der Waals surface area contributed by atoms with Crippen LogP contribution in [0.25, 0.3) is 39.5 Å². The van der Waals surface area contributed by atoms with Gasteiger partial charge in [0, 0.05) is 47.8 Å². The van der Waals surface area contributed by atoms with Gasteiger partial charge in [-0.15, -0.1) is 5.10 Å². The van der Waals surface area contributed by atoms with E-state index in [1.54, 1.807) is 36.4 Å². The molecule has 3 heterocycles. The molecule has 1 aliphatic rings. The number of hydrogen-bond donors (Lipinski definition) is 0. The summed E-state index contributed by atoms with van der Waals surface area (Å²) in [7, 11) is 0. The molecule has 0 aliphatic heterocycles. The van der Waals surface area contributed by atoms with Gasteiger partial charge in [0.05, 0.1) is 22.5 Å². The fourth-order valence-electron chi connectivity index (χ4n) is 6.06. The highest BCUT2D eigenvalue weighted by Gasteiger charge is 2.40. The molecule has 0 atom stereocenters. The summed E-state index contributed by atoms with van der Waals surface area (Å²) < 4.78 is 92.5. The van der Waals surface area contributed by atoms with Crippen molar-refractivity contribution in [3.05, 3.63) is 123 Å². The average Bonchev–Trinajstić information content (AvgIpc) is 3.76. The van der Waals surface area contributed by atoms with Crippen LogP contribution >= 0.6 is 11.6 Å². The van der Waals surface area contributed by atoms with Crippen molar-refractivity contribution in [2.75, 3.05) is 0 Å². The van der Waals surface area contributed by atoms with Gasteiger partial charge in [0.1, 0.15) is 12.0 Å². The van der Waals surface area contributed by atoms with Crippen molar-refractivity contribution in [1.82, 2.24) is 25.1 Å². The highest BCUT2D eigenvalue weighted by atomic mass is 35.5. The second kappa shape index (κ2) is 11.7. The van der Waals surface area contributed by atoms with Crippen molar-refractivity contribution >= 4 is 17.9 Å². The lowest BCUT2D eigenvalue weighted by molar-refractivity contribution is -0.137. The van der Waals surface area contributed by atoms with Crippen LogP contribution in [0.3, 0.4) is 0 Å². The Balaban J connectivity index is 1.50. The van der Waals surface area contributed by atoms with Gasteiger partial charge in [0.15, 0.2) is 11.5 Å². The molecule has 6 aromatic rings. The van der Waals surface area contributed by atoms with Gasteiger partial charge < -0.3 is 9.32 Å². The summed E-state index contributed by atoms with van der Waals surface area (Å²) in [5.41, 5.74) is -0.305. The first-order valence-corrected chi connectivity index (χ1v) is 14.8. The molecule has 0 fully saturated rings. The van der Waals surface area contributed by atoms with Crippen molar-refractivity contribution in [2.45, 2.75) is 31.6 Å². The van der Waals surface area contributed by atoms with E-state index in [4.69, 9.17) is 16.1 Å². The van der Waals surface area contributed by atoms with Gasteiger partial charge in [0.2, 0.25) is 0 Å². The van der Waals surface area contributed by atoms with Gasteiger partial charge in [-0.25, -0.2) is 4.68 Å². The van der Waals surface area contributed by atoms with Gasteiger partial charge in [-0.05, 0) is 64.2 Å². The van der Waals surface area contributed by atoms with E-state index in [9.17, 15) is 31.1 Å². The lowest BCUT2D eigenvalue weighted by Crippen LogP contribution is -2.11. The first kappa shape index (κ1) is 31.3. The maximum Gasteiger partial charge on any atom is 0.417 e. The lowest BCUT2D eigenvalue weighted by Gasteiger charge is -2.17. The van der Waals surface area contributed by atoms with Crippen molar-refractivity contribution < 1.29 is 35.7 Å². The highest BCUT2D eigenvalue weighted by Crippen LogP contribution is 2.49. The van der Waals surface area contributed by atoms with Crippen molar-refractivity contribution in [1.29, 1.82) is 0 Å². The summed E-state index contributed by atoms with van der Waals surface area (Å²) >= 11 is 6.44. The van der Waals surface area contributed by atoms with E-state index >= 15 is 0 Å². The molecule has 0 amide bonds. The summed E-state index contributed by atoms with van der Waals surface area (Å²) in [6.45, 7) is 0.